The molecule has 0 heterocycles. The van der Waals surface area contributed by atoms with E-state index in [4.69, 9.17) is 0 Å². The Bertz CT molecular complexity index is 464. The van der Waals surface area contributed by atoms with E-state index in [9.17, 15) is 15.2 Å². The highest BCUT2D eigenvalue weighted by Crippen LogP contribution is 2.55. The third kappa shape index (κ3) is 2.12. The van der Waals surface area contributed by atoms with Crippen LogP contribution in [0.3, 0.4) is 0 Å². The van der Waals surface area contributed by atoms with Crippen LogP contribution in [0.2, 0.25) is 0 Å². The van der Waals surface area contributed by atoms with Crippen LogP contribution in [-0.2, 0) is 6.42 Å². The average Bonchev–Trinajstić information content (AvgIpc) is 2.96. The normalized spacial score (nSPS) is 30.8. The van der Waals surface area contributed by atoms with Gasteiger partial charge in [0.2, 0.25) is 0 Å². The number of hydrogen-bond acceptors (Lipinski definition) is 3. The Morgan fingerprint density at radius 3 is 2.61 bits per heavy atom. The molecule has 4 heteroatoms. The molecule has 1 aromatic carbocycles. The second-order valence-corrected chi connectivity index (χ2v) is 5.64. The van der Waals surface area contributed by atoms with Gasteiger partial charge in [-0.3, -0.25) is 10.1 Å². The van der Waals surface area contributed by atoms with Crippen molar-refractivity contribution in [3.63, 3.8) is 0 Å². The first kappa shape index (κ1) is 11.7. The van der Waals surface area contributed by atoms with Crippen molar-refractivity contribution in [3.05, 3.63) is 39.9 Å². The average molecular weight is 247 g/mol. The summed E-state index contributed by atoms with van der Waals surface area (Å²) < 4.78 is 0. The van der Waals surface area contributed by atoms with E-state index in [1.165, 1.54) is 12.5 Å². The van der Waals surface area contributed by atoms with Gasteiger partial charge < -0.3 is 5.11 Å². The molecule has 96 valence electrons. The zero-order valence-electron chi connectivity index (χ0n) is 10.2. The number of para-hydroxylation sites is 1. The minimum Gasteiger partial charge on any atom is -0.392 e. The Kier molecular flexibility index (Phi) is 2.82. The molecule has 0 bridgehead atoms. The molecule has 4 nitrogen and oxygen atoms in total. The zero-order valence-corrected chi connectivity index (χ0v) is 10.2. The van der Waals surface area contributed by atoms with Gasteiger partial charge in [-0.1, -0.05) is 18.2 Å². The Labute approximate surface area is 106 Å². The number of aliphatic hydroxyl groups excluding tert-OH is 1. The number of rotatable bonds is 4. The summed E-state index contributed by atoms with van der Waals surface area (Å²) in [5.41, 5.74) is 0.773. The molecule has 0 radical (unpaired) electrons. The Morgan fingerprint density at radius 1 is 1.28 bits per heavy atom. The van der Waals surface area contributed by atoms with E-state index in [1.807, 2.05) is 0 Å². The highest BCUT2D eigenvalue weighted by molar-refractivity contribution is 5.40. The fourth-order valence-corrected chi connectivity index (χ4v) is 3.33. The Morgan fingerprint density at radius 2 is 1.94 bits per heavy atom. The van der Waals surface area contributed by atoms with Gasteiger partial charge in [-0.15, -0.1) is 0 Å². The predicted molar refractivity (Wildman–Crippen MR) is 67.1 cm³/mol. The minimum absolute atomic E-state index is 0.125. The summed E-state index contributed by atoms with van der Waals surface area (Å²) in [7, 11) is 0. The van der Waals surface area contributed by atoms with Gasteiger partial charge in [-0.2, -0.15) is 0 Å². The van der Waals surface area contributed by atoms with Gasteiger partial charge in [0.15, 0.2) is 0 Å². The third-order valence-corrected chi connectivity index (χ3v) is 4.44. The zero-order chi connectivity index (χ0) is 12.7. The van der Waals surface area contributed by atoms with Crippen LogP contribution >= 0.6 is 0 Å². The van der Waals surface area contributed by atoms with Gasteiger partial charge in [-0.05, 0) is 37.0 Å². The number of aliphatic hydroxyl groups is 1. The number of nitro benzene ring substituents is 1. The van der Waals surface area contributed by atoms with Gasteiger partial charge in [0.05, 0.1) is 11.0 Å². The van der Waals surface area contributed by atoms with Crippen LogP contribution in [0.4, 0.5) is 5.69 Å². The van der Waals surface area contributed by atoms with E-state index in [0.29, 0.717) is 17.9 Å². The van der Waals surface area contributed by atoms with E-state index in [0.717, 1.165) is 24.7 Å². The van der Waals surface area contributed by atoms with Crippen LogP contribution in [0.15, 0.2) is 24.3 Å². The molecule has 3 atom stereocenters. The minimum atomic E-state index is -0.432. The van der Waals surface area contributed by atoms with Gasteiger partial charge in [-0.25, -0.2) is 0 Å². The van der Waals surface area contributed by atoms with Crippen LogP contribution in [0, 0.1) is 27.9 Å². The van der Waals surface area contributed by atoms with Crippen LogP contribution in [0.5, 0.6) is 0 Å². The van der Waals surface area contributed by atoms with Crippen molar-refractivity contribution in [2.45, 2.75) is 31.8 Å². The summed E-state index contributed by atoms with van der Waals surface area (Å²) in [5, 5.41) is 21.1. The lowest BCUT2D eigenvalue weighted by molar-refractivity contribution is -0.385. The standard InChI is InChI=1S/C14H17NO3/c16-14(12-6-10-5-11(10)7-12)8-9-3-1-2-4-13(9)15(17)18/h1-4,10-12,14,16H,5-8H2. The lowest BCUT2D eigenvalue weighted by Gasteiger charge is -2.19. The van der Waals surface area contributed by atoms with Gasteiger partial charge in [0.1, 0.15) is 0 Å². The lowest BCUT2D eigenvalue weighted by Crippen LogP contribution is -2.22. The van der Waals surface area contributed by atoms with E-state index in [1.54, 1.807) is 18.2 Å². The maximum absolute atomic E-state index is 10.9. The quantitative estimate of drug-likeness (QED) is 0.657. The number of nitrogens with zero attached hydrogens (tertiary/aromatic N) is 1. The molecule has 0 saturated heterocycles. The summed E-state index contributed by atoms with van der Waals surface area (Å²) in [6.45, 7) is 0. The monoisotopic (exact) mass is 247 g/mol. The number of hydrogen-bond donors (Lipinski definition) is 1. The molecule has 2 saturated carbocycles. The fraction of sp³-hybridized carbons (Fsp3) is 0.571. The largest absolute Gasteiger partial charge is 0.392 e. The number of nitro groups is 1. The van der Waals surface area contributed by atoms with Gasteiger partial charge in [0, 0.05) is 18.1 Å². The summed E-state index contributed by atoms with van der Waals surface area (Å²) in [5.74, 6) is 2.00. The Balaban J connectivity index is 1.70. The summed E-state index contributed by atoms with van der Waals surface area (Å²) in [6.07, 6.45) is 3.51. The summed E-state index contributed by atoms with van der Waals surface area (Å²) >= 11 is 0. The van der Waals surface area contributed by atoms with Crippen molar-refractivity contribution < 1.29 is 10.0 Å². The fourth-order valence-electron chi connectivity index (χ4n) is 3.33. The molecule has 2 aliphatic carbocycles. The van der Waals surface area contributed by atoms with Crippen LogP contribution in [0.1, 0.15) is 24.8 Å². The molecule has 1 N–H and O–H groups in total. The molecule has 0 aromatic heterocycles. The molecule has 0 aliphatic heterocycles. The lowest BCUT2D eigenvalue weighted by atomic mass is 9.91. The van der Waals surface area contributed by atoms with Crippen molar-refractivity contribution >= 4 is 5.69 Å². The second-order valence-electron chi connectivity index (χ2n) is 5.64. The summed E-state index contributed by atoms with van der Waals surface area (Å²) in [4.78, 5) is 10.5. The van der Waals surface area contributed by atoms with Crippen molar-refractivity contribution in [1.29, 1.82) is 0 Å². The van der Waals surface area contributed by atoms with Crippen molar-refractivity contribution in [1.82, 2.24) is 0 Å². The molecule has 2 aliphatic rings. The highest BCUT2D eigenvalue weighted by Gasteiger charge is 2.47. The van der Waals surface area contributed by atoms with Gasteiger partial charge >= 0.3 is 0 Å². The smallest absolute Gasteiger partial charge is 0.272 e. The Hall–Kier alpha value is -1.42. The van der Waals surface area contributed by atoms with E-state index in [2.05, 4.69) is 0 Å². The first-order chi connectivity index (χ1) is 8.65. The van der Waals surface area contributed by atoms with E-state index < -0.39 is 6.10 Å². The number of benzene rings is 1. The molecule has 3 rings (SSSR count). The molecule has 3 unspecified atom stereocenters. The predicted octanol–water partition coefficient (Wildman–Crippen LogP) is 2.54. The molecular formula is C14H17NO3. The van der Waals surface area contributed by atoms with Crippen LogP contribution in [-0.4, -0.2) is 16.1 Å². The van der Waals surface area contributed by atoms with E-state index >= 15 is 0 Å². The van der Waals surface area contributed by atoms with Crippen molar-refractivity contribution in [2.24, 2.45) is 17.8 Å². The molecular weight excluding hydrogens is 230 g/mol. The first-order valence-corrected chi connectivity index (χ1v) is 6.55. The van der Waals surface area contributed by atoms with Crippen molar-refractivity contribution in [3.8, 4) is 0 Å². The first-order valence-electron chi connectivity index (χ1n) is 6.55. The van der Waals surface area contributed by atoms with E-state index in [-0.39, 0.29) is 10.6 Å². The maximum atomic E-state index is 10.9. The molecule has 2 fully saturated rings. The SMILES string of the molecule is O=[N+]([O-])c1ccccc1CC(O)C1CC2CC2C1. The highest BCUT2D eigenvalue weighted by atomic mass is 16.6. The van der Waals surface area contributed by atoms with Crippen LogP contribution < -0.4 is 0 Å². The van der Waals surface area contributed by atoms with Crippen molar-refractivity contribution in [2.75, 3.05) is 0 Å². The van der Waals surface area contributed by atoms with Gasteiger partial charge in [0.25, 0.3) is 5.69 Å². The third-order valence-electron chi connectivity index (χ3n) is 4.44. The maximum Gasteiger partial charge on any atom is 0.272 e. The molecule has 0 spiro atoms. The molecule has 0 amide bonds. The summed E-state index contributed by atoms with van der Waals surface area (Å²) in [6, 6.07) is 6.71. The second kappa shape index (κ2) is 4.35. The molecule has 1 aromatic rings. The molecule has 18 heavy (non-hydrogen) atoms. The topological polar surface area (TPSA) is 63.4 Å². The van der Waals surface area contributed by atoms with Crippen LogP contribution in [0.25, 0.3) is 0 Å². The number of fused-ring (bicyclic) bond motifs is 1.